The Morgan fingerprint density at radius 2 is 1.77 bits per heavy atom. The van der Waals surface area contributed by atoms with Crippen LogP contribution in [0.1, 0.15) is 26.3 Å². The number of alkyl halides is 3. The van der Waals surface area contributed by atoms with Crippen LogP contribution in [0.2, 0.25) is 0 Å². The molecule has 1 aromatic rings. The molecular formula is C15H18F3NO3. The summed E-state index contributed by atoms with van der Waals surface area (Å²) in [4.78, 5) is 13.1. The van der Waals surface area contributed by atoms with E-state index in [-0.39, 0.29) is 18.8 Å². The summed E-state index contributed by atoms with van der Waals surface area (Å²) in [6, 6.07) is 5.04. The smallest absolute Gasteiger partial charge is 0.419 e. The van der Waals surface area contributed by atoms with Crippen LogP contribution in [0.25, 0.3) is 0 Å². The monoisotopic (exact) mass is 317 g/mol. The summed E-state index contributed by atoms with van der Waals surface area (Å²) in [6.07, 6.45) is -5.42. The number of hydrogen-bond acceptors (Lipinski definition) is 3. The first kappa shape index (κ1) is 16.5. The molecule has 22 heavy (non-hydrogen) atoms. The van der Waals surface area contributed by atoms with Gasteiger partial charge in [0, 0.05) is 0 Å². The number of benzene rings is 1. The number of rotatable bonds is 2. The van der Waals surface area contributed by atoms with Gasteiger partial charge in [-0.15, -0.1) is 0 Å². The number of amides is 1. The van der Waals surface area contributed by atoms with Crippen LogP contribution < -0.4 is 4.74 Å². The Hall–Kier alpha value is -1.92. The van der Waals surface area contributed by atoms with Crippen LogP contribution in [0.3, 0.4) is 0 Å². The molecule has 0 atom stereocenters. The van der Waals surface area contributed by atoms with E-state index in [9.17, 15) is 18.0 Å². The molecule has 0 spiro atoms. The molecule has 2 rings (SSSR count). The minimum Gasteiger partial charge on any atom is -0.486 e. The van der Waals surface area contributed by atoms with Gasteiger partial charge < -0.3 is 14.4 Å². The lowest BCUT2D eigenvalue weighted by atomic mass is 10.1. The fourth-order valence-corrected chi connectivity index (χ4v) is 1.97. The second kappa shape index (κ2) is 5.70. The first-order chi connectivity index (χ1) is 10.1. The molecule has 0 radical (unpaired) electrons. The highest BCUT2D eigenvalue weighted by Gasteiger charge is 2.38. The van der Waals surface area contributed by atoms with Crippen LogP contribution in [0, 0.1) is 0 Å². The first-order valence-electron chi connectivity index (χ1n) is 6.87. The van der Waals surface area contributed by atoms with Gasteiger partial charge in [-0.1, -0.05) is 12.1 Å². The van der Waals surface area contributed by atoms with Gasteiger partial charge in [0.15, 0.2) is 0 Å². The third-order valence-corrected chi connectivity index (χ3v) is 2.99. The van der Waals surface area contributed by atoms with Crippen molar-refractivity contribution in [3.8, 4) is 5.75 Å². The van der Waals surface area contributed by atoms with Gasteiger partial charge in [0.2, 0.25) is 0 Å². The molecule has 1 aromatic carbocycles. The van der Waals surface area contributed by atoms with Crippen molar-refractivity contribution in [1.82, 2.24) is 4.90 Å². The lowest BCUT2D eigenvalue weighted by molar-refractivity contribution is -0.140. The molecule has 122 valence electrons. The van der Waals surface area contributed by atoms with Crippen molar-refractivity contribution in [3.63, 3.8) is 0 Å². The highest BCUT2D eigenvalue weighted by Crippen LogP contribution is 2.36. The lowest BCUT2D eigenvalue weighted by Gasteiger charge is -2.39. The Labute approximate surface area is 126 Å². The number of nitrogens with zero attached hydrogens (tertiary/aromatic N) is 1. The van der Waals surface area contributed by atoms with Crippen molar-refractivity contribution >= 4 is 6.09 Å². The third-order valence-electron chi connectivity index (χ3n) is 2.99. The molecule has 7 heteroatoms. The number of carbonyl (C=O) groups excluding carboxylic acids is 1. The van der Waals surface area contributed by atoms with Crippen LogP contribution in [-0.2, 0) is 10.9 Å². The highest BCUT2D eigenvalue weighted by atomic mass is 19.4. The number of likely N-dealkylation sites (tertiary alicyclic amines) is 1. The number of ether oxygens (including phenoxy) is 2. The van der Waals surface area contributed by atoms with Crippen molar-refractivity contribution in [3.05, 3.63) is 29.8 Å². The van der Waals surface area contributed by atoms with Crippen LogP contribution in [0.4, 0.5) is 18.0 Å². The van der Waals surface area contributed by atoms with Gasteiger partial charge in [0.25, 0.3) is 0 Å². The molecule has 1 amide bonds. The van der Waals surface area contributed by atoms with E-state index in [0.29, 0.717) is 0 Å². The summed E-state index contributed by atoms with van der Waals surface area (Å²) >= 11 is 0. The van der Waals surface area contributed by atoms with E-state index in [4.69, 9.17) is 9.47 Å². The average Bonchev–Trinajstić information content (AvgIpc) is 2.30. The van der Waals surface area contributed by atoms with Gasteiger partial charge in [-0.25, -0.2) is 4.79 Å². The zero-order chi connectivity index (χ0) is 16.5. The van der Waals surface area contributed by atoms with Crippen molar-refractivity contribution in [2.75, 3.05) is 13.1 Å². The van der Waals surface area contributed by atoms with Crippen LogP contribution >= 0.6 is 0 Å². The Balaban J connectivity index is 1.93. The Kier molecular flexibility index (Phi) is 4.26. The minimum absolute atomic E-state index is 0.209. The van der Waals surface area contributed by atoms with Gasteiger partial charge in [0.05, 0.1) is 18.7 Å². The Morgan fingerprint density at radius 3 is 2.32 bits per heavy atom. The molecule has 1 aliphatic rings. The van der Waals surface area contributed by atoms with Crippen molar-refractivity contribution in [1.29, 1.82) is 0 Å². The third kappa shape index (κ3) is 4.05. The van der Waals surface area contributed by atoms with Gasteiger partial charge in [0.1, 0.15) is 17.5 Å². The molecule has 4 nitrogen and oxygen atoms in total. The van der Waals surface area contributed by atoms with Crippen LogP contribution in [0.15, 0.2) is 24.3 Å². The summed E-state index contributed by atoms with van der Waals surface area (Å²) in [5, 5.41) is 0. The molecule has 0 aromatic heterocycles. The van der Waals surface area contributed by atoms with E-state index < -0.39 is 29.5 Å². The van der Waals surface area contributed by atoms with E-state index >= 15 is 0 Å². The summed E-state index contributed by atoms with van der Waals surface area (Å²) in [5.41, 5.74) is -1.42. The SMILES string of the molecule is CC(C)(C)OC(=O)N1CC(Oc2ccccc2C(F)(F)F)C1. The molecule has 1 heterocycles. The molecule has 0 saturated carbocycles. The fraction of sp³-hybridized carbons (Fsp3) is 0.533. The van der Waals surface area contributed by atoms with Gasteiger partial charge in [-0.05, 0) is 32.9 Å². The molecule has 0 N–H and O–H groups in total. The Bertz CT molecular complexity index is 546. The van der Waals surface area contributed by atoms with Crippen molar-refractivity contribution < 1.29 is 27.4 Å². The zero-order valence-electron chi connectivity index (χ0n) is 12.6. The van der Waals surface area contributed by atoms with Gasteiger partial charge in [-0.2, -0.15) is 13.2 Å². The maximum Gasteiger partial charge on any atom is 0.419 e. The predicted octanol–water partition coefficient (Wildman–Crippen LogP) is 3.70. The maximum atomic E-state index is 12.8. The standard InChI is InChI=1S/C15H18F3NO3/c1-14(2,3)22-13(20)19-8-10(9-19)21-12-7-5-4-6-11(12)15(16,17)18/h4-7,10H,8-9H2,1-3H3. The topological polar surface area (TPSA) is 38.8 Å². The molecule has 0 unspecified atom stereocenters. The molecule has 1 fully saturated rings. The Morgan fingerprint density at radius 1 is 1.18 bits per heavy atom. The minimum atomic E-state index is -4.47. The molecular weight excluding hydrogens is 299 g/mol. The fourth-order valence-electron chi connectivity index (χ4n) is 1.97. The average molecular weight is 317 g/mol. The van der Waals surface area contributed by atoms with Gasteiger partial charge >= 0.3 is 12.3 Å². The van der Waals surface area contributed by atoms with E-state index in [1.165, 1.54) is 23.1 Å². The lowest BCUT2D eigenvalue weighted by Crippen LogP contribution is -2.57. The molecule has 0 bridgehead atoms. The van der Waals surface area contributed by atoms with E-state index in [1.54, 1.807) is 20.8 Å². The molecule has 1 aliphatic heterocycles. The van der Waals surface area contributed by atoms with E-state index in [0.717, 1.165) is 6.07 Å². The number of para-hydroxylation sites is 1. The van der Waals surface area contributed by atoms with E-state index in [1.807, 2.05) is 0 Å². The normalized spacial score (nSPS) is 16.2. The highest BCUT2D eigenvalue weighted by molar-refractivity contribution is 5.69. The van der Waals surface area contributed by atoms with E-state index in [2.05, 4.69) is 0 Å². The van der Waals surface area contributed by atoms with Crippen molar-refractivity contribution in [2.45, 2.75) is 38.7 Å². The largest absolute Gasteiger partial charge is 0.486 e. The summed E-state index contributed by atoms with van der Waals surface area (Å²) in [7, 11) is 0. The summed E-state index contributed by atoms with van der Waals surface area (Å²) in [5.74, 6) is -0.219. The number of hydrogen-bond donors (Lipinski definition) is 0. The summed E-state index contributed by atoms with van der Waals surface area (Å²) in [6.45, 7) is 5.66. The summed E-state index contributed by atoms with van der Waals surface area (Å²) < 4.78 is 49.1. The zero-order valence-corrected chi connectivity index (χ0v) is 12.6. The second-order valence-corrected chi connectivity index (χ2v) is 6.12. The second-order valence-electron chi connectivity index (χ2n) is 6.12. The predicted molar refractivity (Wildman–Crippen MR) is 73.7 cm³/mol. The van der Waals surface area contributed by atoms with Crippen LogP contribution in [-0.4, -0.2) is 35.8 Å². The van der Waals surface area contributed by atoms with Crippen LogP contribution in [0.5, 0.6) is 5.75 Å². The van der Waals surface area contributed by atoms with Gasteiger partial charge in [-0.3, -0.25) is 0 Å². The maximum absolute atomic E-state index is 12.8. The molecule has 1 saturated heterocycles. The number of carbonyl (C=O) groups is 1. The number of halogens is 3. The molecule has 0 aliphatic carbocycles. The van der Waals surface area contributed by atoms with Crippen molar-refractivity contribution in [2.24, 2.45) is 0 Å². The first-order valence-corrected chi connectivity index (χ1v) is 6.87. The quantitative estimate of drug-likeness (QED) is 0.835.